The normalized spacial score (nSPS) is 18.0. The number of carbonyl (C=O) groups excluding carboxylic acids is 1. The van der Waals surface area contributed by atoms with Gasteiger partial charge in [-0.25, -0.2) is 9.98 Å². The number of aliphatic imine (C=N–C) groups is 1. The third-order valence-corrected chi connectivity index (χ3v) is 4.65. The van der Waals surface area contributed by atoms with Crippen molar-refractivity contribution in [3.05, 3.63) is 76.8 Å². The smallest absolute Gasteiger partial charge is 0.266 e. The van der Waals surface area contributed by atoms with Crippen LogP contribution < -0.4 is 0 Å². The molecule has 1 amide bonds. The van der Waals surface area contributed by atoms with Crippen molar-refractivity contribution in [1.29, 1.82) is 0 Å². The summed E-state index contributed by atoms with van der Waals surface area (Å²) in [6.07, 6.45) is 5.72. The Morgan fingerprint density at radius 1 is 1.16 bits per heavy atom. The number of aryl methyl sites for hydroxylation is 1. The highest BCUT2D eigenvalue weighted by Gasteiger charge is 2.31. The van der Waals surface area contributed by atoms with E-state index in [-0.39, 0.29) is 5.91 Å². The first-order valence-electron chi connectivity index (χ1n) is 8.13. The summed E-state index contributed by atoms with van der Waals surface area (Å²) in [4.78, 5) is 23.8. The second-order valence-electron chi connectivity index (χ2n) is 5.48. The van der Waals surface area contributed by atoms with Gasteiger partial charge in [0.2, 0.25) is 0 Å². The monoisotopic (exact) mass is 349 g/mol. The highest BCUT2D eigenvalue weighted by molar-refractivity contribution is 8.18. The number of likely N-dealkylation sites (N-methyl/N-ethyl adjacent to an activating group) is 1. The number of hydrogen-bond acceptors (Lipinski definition) is 4. The van der Waals surface area contributed by atoms with Crippen molar-refractivity contribution in [2.45, 2.75) is 13.8 Å². The molecule has 0 bridgehead atoms. The van der Waals surface area contributed by atoms with Crippen LogP contribution in [0.4, 0.5) is 5.82 Å². The molecule has 0 radical (unpaired) electrons. The first kappa shape index (κ1) is 17.2. The molecular weight excluding hydrogens is 330 g/mol. The molecule has 4 nitrogen and oxygen atoms in total. The first-order chi connectivity index (χ1) is 12.2. The second-order valence-corrected chi connectivity index (χ2v) is 6.49. The van der Waals surface area contributed by atoms with E-state index in [0.29, 0.717) is 22.4 Å². The maximum absolute atomic E-state index is 12.5. The Morgan fingerprint density at radius 3 is 2.68 bits per heavy atom. The summed E-state index contributed by atoms with van der Waals surface area (Å²) < 4.78 is 0. The van der Waals surface area contributed by atoms with Crippen molar-refractivity contribution in [3.63, 3.8) is 0 Å². The van der Waals surface area contributed by atoms with Gasteiger partial charge in [-0.2, -0.15) is 0 Å². The molecular formula is C20H19N3OS. The lowest BCUT2D eigenvalue weighted by atomic mass is 10.2. The van der Waals surface area contributed by atoms with Gasteiger partial charge in [0.1, 0.15) is 0 Å². The van der Waals surface area contributed by atoms with Crippen LogP contribution in [0.1, 0.15) is 18.2 Å². The quantitative estimate of drug-likeness (QED) is 0.760. The third kappa shape index (κ3) is 4.25. The summed E-state index contributed by atoms with van der Waals surface area (Å²) >= 11 is 1.38. The first-order valence-corrected chi connectivity index (χ1v) is 8.94. The molecule has 0 atom stereocenters. The van der Waals surface area contributed by atoms with Crippen LogP contribution in [0, 0.1) is 6.92 Å². The molecule has 1 fully saturated rings. The van der Waals surface area contributed by atoms with Gasteiger partial charge in [0.05, 0.1) is 4.91 Å². The van der Waals surface area contributed by atoms with Crippen molar-refractivity contribution in [1.82, 2.24) is 9.88 Å². The molecule has 0 N–H and O–H groups in total. The van der Waals surface area contributed by atoms with Crippen LogP contribution in [0.15, 0.2) is 70.6 Å². The van der Waals surface area contributed by atoms with Gasteiger partial charge in [-0.05, 0) is 49.4 Å². The minimum atomic E-state index is -0.0170. The van der Waals surface area contributed by atoms with Crippen molar-refractivity contribution in [3.8, 4) is 0 Å². The number of pyridine rings is 1. The number of allylic oxidation sites excluding steroid dienone is 2. The van der Waals surface area contributed by atoms with Crippen LogP contribution in [0.25, 0.3) is 6.08 Å². The average molecular weight is 349 g/mol. The molecule has 1 aromatic heterocycles. The van der Waals surface area contributed by atoms with Crippen LogP contribution in [0.5, 0.6) is 0 Å². The molecule has 3 rings (SSSR count). The average Bonchev–Trinajstić information content (AvgIpc) is 2.91. The standard InChI is InChI=1S/C20H19N3OS/c1-3-23-19(24)17(13-8-12-16-10-5-4-6-11-16)25-20(23)22-18-14-7-9-15(2)21-18/h4-14H,3H2,1-2H3/b12-8+,17-13-,22-20+. The van der Waals surface area contributed by atoms with E-state index in [1.807, 2.05) is 80.6 Å². The number of thioether (sulfide) groups is 1. The van der Waals surface area contributed by atoms with Gasteiger partial charge >= 0.3 is 0 Å². The predicted molar refractivity (Wildman–Crippen MR) is 105 cm³/mol. The summed E-state index contributed by atoms with van der Waals surface area (Å²) in [5.41, 5.74) is 2.00. The summed E-state index contributed by atoms with van der Waals surface area (Å²) in [7, 11) is 0. The van der Waals surface area contributed by atoms with Crippen LogP contribution in [-0.4, -0.2) is 27.5 Å². The van der Waals surface area contributed by atoms with Gasteiger partial charge in [-0.15, -0.1) is 0 Å². The van der Waals surface area contributed by atoms with Crippen molar-refractivity contribution in [2.75, 3.05) is 6.54 Å². The highest BCUT2D eigenvalue weighted by atomic mass is 32.2. The molecule has 2 aromatic rings. The Morgan fingerprint density at radius 2 is 1.96 bits per heavy atom. The van der Waals surface area contributed by atoms with Crippen LogP contribution in [0.3, 0.4) is 0 Å². The van der Waals surface area contributed by atoms with Crippen LogP contribution >= 0.6 is 11.8 Å². The fraction of sp³-hybridized carbons (Fsp3) is 0.150. The Kier molecular flexibility index (Phi) is 5.46. The summed E-state index contributed by atoms with van der Waals surface area (Å²) in [6, 6.07) is 15.7. The minimum Gasteiger partial charge on any atom is -0.287 e. The van der Waals surface area contributed by atoms with E-state index >= 15 is 0 Å². The molecule has 0 unspecified atom stereocenters. The highest BCUT2D eigenvalue weighted by Crippen LogP contribution is 2.32. The van der Waals surface area contributed by atoms with Crippen molar-refractivity contribution >= 4 is 34.7 Å². The lowest BCUT2D eigenvalue weighted by Crippen LogP contribution is -2.28. The number of amides is 1. The van der Waals surface area contributed by atoms with Crippen molar-refractivity contribution in [2.24, 2.45) is 4.99 Å². The van der Waals surface area contributed by atoms with Crippen LogP contribution in [-0.2, 0) is 4.79 Å². The zero-order valence-corrected chi connectivity index (χ0v) is 15.0. The van der Waals surface area contributed by atoms with E-state index < -0.39 is 0 Å². The molecule has 5 heteroatoms. The largest absolute Gasteiger partial charge is 0.287 e. The molecule has 1 aromatic carbocycles. The minimum absolute atomic E-state index is 0.0170. The maximum Gasteiger partial charge on any atom is 0.266 e. The summed E-state index contributed by atoms with van der Waals surface area (Å²) in [5.74, 6) is 0.603. The van der Waals surface area contributed by atoms with Gasteiger partial charge in [-0.1, -0.05) is 48.6 Å². The van der Waals surface area contributed by atoms with E-state index in [0.717, 1.165) is 11.3 Å². The number of nitrogens with zero attached hydrogens (tertiary/aromatic N) is 3. The van der Waals surface area contributed by atoms with Gasteiger partial charge in [0, 0.05) is 12.2 Å². The molecule has 1 aliphatic heterocycles. The molecule has 1 aliphatic rings. The summed E-state index contributed by atoms with van der Waals surface area (Å²) in [5, 5.41) is 0.671. The Hall–Kier alpha value is -2.66. The lowest BCUT2D eigenvalue weighted by molar-refractivity contribution is -0.122. The van der Waals surface area contributed by atoms with E-state index in [2.05, 4.69) is 9.98 Å². The van der Waals surface area contributed by atoms with Crippen LogP contribution in [0.2, 0.25) is 0 Å². The van der Waals surface area contributed by atoms with Crippen molar-refractivity contribution < 1.29 is 4.79 Å². The fourth-order valence-electron chi connectivity index (χ4n) is 2.38. The number of rotatable bonds is 4. The Bertz CT molecular complexity index is 856. The topological polar surface area (TPSA) is 45.6 Å². The molecule has 0 spiro atoms. The predicted octanol–water partition coefficient (Wildman–Crippen LogP) is 4.57. The van der Waals surface area contributed by atoms with Gasteiger partial charge in [0.15, 0.2) is 11.0 Å². The Balaban J connectivity index is 1.82. The van der Waals surface area contributed by atoms with Gasteiger partial charge < -0.3 is 0 Å². The zero-order valence-electron chi connectivity index (χ0n) is 14.2. The third-order valence-electron chi connectivity index (χ3n) is 3.62. The maximum atomic E-state index is 12.5. The van der Waals surface area contributed by atoms with Gasteiger partial charge in [-0.3, -0.25) is 9.69 Å². The number of carbonyl (C=O) groups is 1. The molecule has 2 heterocycles. The Labute approximate surface area is 152 Å². The van der Waals surface area contributed by atoms with Gasteiger partial charge in [0.25, 0.3) is 5.91 Å². The number of amidine groups is 1. The second kappa shape index (κ2) is 7.94. The van der Waals surface area contributed by atoms with E-state index in [1.165, 1.54) is 11.8 Å². The molecule has 25 heavy (non-hydrogen) atoms. The lowest BCUT2D eigenvalue weighted by Gasteiger charge is -2.11. The molecule has 0 aliphatic carbocycles. The fourth-order valence-corrected chi connectivity index (χ4v) is 3.39. The number of benzene rings is 1. The molecule has 126 valence electrons. The van der Waals surface area contributed by atoms with E-state index in [4.69, 9.17) is 0 Å². The van der Waals surface area contributed by atoms with E-state index in [1.54, 1.807) is 4.90 Å². The number of hydrogen-bond donors (Lipinski definition) is 0. The number of aromatic nitrogens is 1. The van der Waals surface area contributed by atoms with E-state index in [9.17, 15) is 4.79 Å². The SMILES string of the molecule is CCN1C(=O)/C(=C/C=C/c2ccccc2)S/C1=N/c1cccc(C)n1. The molecule has 1 saturated heterocycles. The summed E-state index contributed by atoms with van der Waals surface area (Å²) in [6.45, 7) is 4.45. The molecule has 0 saturated carbocycles. The zero-order chi connectivity index (χ0) is 17.6.